The summed E-state index contributed by atoms with van der Waals surface area (Å²) in [6.45, 7) is 4.43. The first-order valence-electron chi connectivity index (χ1n) is 13.0. The van der Waals surface area contributed by atoms with Gasteiger partial charge in [-0.2, -0.15) is 0 Å². The molecule has 2 aromatic carbocycles. The monoisotopic (exact) mass is 529 g/mol. The molecule has 1 atom stereocenters. The minimum atomic E-state index is -0.903. The van der Waals surface area contributed by atoms with Crippen LogP contribution in [-0.2, 0) is 11.3 Å². The number of nitrogens with one attached hydrogen (secondary N) is 1. The molecule has 10 nitrogen and oxygen atoms in total. The van der Waals surface area contributed by atoms with E-state index in [1.165, 1.54) is 9.13 Å². The summed E-state index contributed by atoms with van der Waals surface area (Å²) in [5.41, 5.74) is 1.69. The van der Waals surface area contributed by atoms with Gasteiger partial charge in [-0.15, -0.1) is 0 Å². The molecule has 10 heteroatoms. The maximum absolute atomic E-state index is 13.7. The van der Waals surface area contributed by atoms with Gasteiger partial charge in [0.25, 0.3) is 0 Å². The van der Waals surface area contributed by atoms with Gasteiger partial charge in [0.2, 0.25) is 11.5 Å². The Morgan fingerprint density at radius 2 is 1.82 bits per heavy atom. The van der Waals surface area contributed by atoms with Gasteiger partial charge < -0.3 is 14.6 Å². The average Bonchev–Trinajstić information content (AvgIpc) is 2.90. The lowest BCUT2D eigenvalue weighted by Crippen LogP contribution is -2.54. The molecule has 0 amide bonds. The number of rotatable bonds is 9. The zero-order valence-electron chi connectivity index (χ0n) is 21.9. The van der Waals surface area contributed by atoms with Crippen molar-refractivity contribution < 1.29 is 14.6 Å². The smallest absolute Gasteiger partial charge is 0.335 e. The van der Waals surface area contributed by atoms with Gasteiger partial charge in [-0.25, -0.2) is 24.1 Å². The highest BCUT2D eigenvalue weighted by atomic mass is 16.6. The van der Waals surface area contributed by atoms with E-state index in [0.717, 1.165) is 11.1 Å². The molecule has 0 saturated heterocycles. The van der Waals surface area contributed by atoms with Gasteiger partial charge in [0.1, 0.15) is 5.75 Å². The number of aromatic nitrogens is 4. The number of nitrogens with zero attached hydrogens (tertiary/aromatic N) is 4. The van der Waals surface area contributed by atoms with Gasteiger partial charge in [-0.3, -0.25) is 9.55 Å². The summed E-state index contributed by atoms with van der Waals surface area (Å²) in [5, 5.41) is 10.1. The van der Waals surface area contributed by atoms with Crippen LogP contribution in [0.3, 0.4) is 0 Å². The van der Waals surface area contributed by atoms with Crippen molar-refractivity contribution in [2.45, 2.75) is 45.6 Å². The third-order valence-electron chi connectivity index (χ3n) is 6.78. The summed E-state index contributed by atoms with van der Waals surface area (Å²) >= 11 is 0. The fourth-order valence-electron chi connectivity index (χ4n) is 4.58. The van der Waals surface area contributed by atoms with E-state index >= 15 is 0 Å². The van der Waals surface area contributed by atoms with E-state index in [1.54, 1.807) is 36.5 Å². The second-order valence-electron chi connectivity index (χ2n) is 9.59. The summed E-state index contributed by atoms with van der Waals surface area (Å²) in [6.07, 6.45) is 1.70. The molecule has 0 spiro atoms. The lowest BCUT2D eigenvalue weighted by molar-refractivity contribution is -0.156. The zero-order valence-corrected chi connectivity index (χ0v) is 21.9. The molecular weight excluding hydrogens is 498 g/mol. The minimum Gasteiger partial charge on any atom is -0.439 e. The zero-order chi connectivity index (χ0) is 27.4. The highest BCUT2D eigenvalue weighted by molar-refractivity contribution is 5.42. The molecule has 39 heavy (non-hydrogen) atoms. The van der Waals surface area contributed by atoms with Crippen molar-refractivity contribution in [2.24, 2.45) is 10.9 Å². The van der Waals surface area contributed by atoms with Crippen LogP contribution in [0.2, 0.25) is 0 Å². The number of aryl methyl sites for hydroxylation is 1. The van der Waals surface area contributed by atoms with E-state index in [2.05, 4.69) is 15.0 Å². The van der Waals surface area contributed by atoms with Crippen LogP contribution in [0, 0.1) is 12.8 Å². The van der Waals surface area contributed by atoms with E-state index < -0.39 is 17.7 Å². The van der Waals surface area contributed by atoms with E-state index in [4.69, 9.17) is 9.47 Å². The predicted octanol–water partition coefficient (Wildman–Crippen LogP) is 3.42. The highest BCUT2D eigenvalue weighted by Gasteiger charge is 2.37. The third-order valence-corrected chi connectivity index (χ3v) is 6.78. The van der Waals surface area contributed by atoms with Crippen LogP contribution in [0.5, 0.6) is 11.6 Å². The number of hydrogen-bond acceptors (Lipinski definition) is 7. The Morgan fingerprint density at radius 1 is 1.08 bits per heavy atom. The van der Waals surface area contributed by atoms with Crippen LogP contribution in [-0.4, -0.2) is 37.1 Å². The predicted molar refractivity (Wildman–Crippen MR) is 145 cm³/mol. The van der Waals surface area contributed by atoms with Gasteiger partial charge in [-0.1, -0.05) is 35.9 Å². The van der Waals surface area contributed by atoms with E-state index in [-0.39, 0.29) is 24.1 Å². The maximum atomic E-state index is 13.7. The maximum Gasteiger partial charge on any atom is 0.335 e. The van der Waals surface area contributed by atoms with Crippen LogP contribution in [0.15, 0.2) is 87.5 Å². The number of ether oxygens (including phenoxy) is 2. The van der Waals surface area contributed by atoms with Crippen molar-refractivity contribution in [1.82, 2.24) is 19.1 Å². The van der Waals surface area contributed by atoms with Gasteiger partial charge in [-0.05, 0) is 62.6 Å². The second kappa shape index (κ2) is 11.6. The summed E-state index contributed by atoms with van der Waals surface area (Å²) < 4.78 is 13.7. The number of hydrogen-bond donors (Lipinski definition) is 2. The van der Waals surface area contributed by atoms with E-state index in [1.807, 2.05) is 50.2 Å². The molecule has 4 aromatic rings. The summed E-state index contributed by atoms with van der Waals surface area (Å²) in [5.74, 6) is 0.930. The molecule has 202 valence electrons. The van der Waals surface area contributed by atoms with Crippen LogP contribution in [0.4, 0.5) is 5.69 Å². The van der Waals surface area contributed by atoms with Crippen molar-refractivity contribution in [3.05, 3.63) is 111 Å². The Bertz CT molecular complexity index is 1590. The molecule has 2 heterocycles. The first-order chi connectivity index (χ1) is 18.9. The molecule has 1 aliphatic carbocycles. The third kappa shape index (κ3) is 6.08. The molecule has 1 fully saturated rings. The molecule has 1 unspecified atom stereocenters. The molecule has 1 saturated carbocycles. The lowest BCUT2D eigenvalue weighted by Gasteiger charge is -2.38. The van der Waals surface area contributed by atoms with Gasteiger partial charge in [0.15, 0.2) is 6.29 Å². The average molecular weight is 530 g/mol. The highest BCUT2D eigenvalue weighted by Crippen LogP contribution is 2.38. The van der Waals surface area contributed by atoms with Crippen molar-refractivity contribution in [1.29, 1.82) is 0 Å². The van der Waals surface area contributed by atoms with Crippen LogP contribution in [0.1, 0.15) is 36.9 Å². The number of benzene rings is 2. The largest absolute Gasteiger partial charge is 0.439 e. The Balaban J connectivity index is 1.49. The van der Waals surface area contributed by atoms with Gasteiger partial charge in [0, 0.05) is 30.8 Å². The van der Waals surface area contributed by atoms with Crippen LogP contribution >= 0.6 is 0 Å². The van der Waals surface area contributed by atoms with E-state index in [9.17, 15) is 14.7 Å². The fraction of sp³-hybridized carbons (Fsp3) is 0.310. The van der Waals surface area contributed by atoms with Crippen molar-refractivity contribution in [3.63, 3.8) is 0 Å². The molecule has 0 aliphatic heterocycles. The summed E-state index contributed by atoms with van der Waals surface area (Å²) in [6, 6.07) is 19.9. The Hall–Kier alpha value is -4.28. The minimum absolute atomic E-state index is 0.122. The number of aliphatic hydroxyl groups is 1. The molecule has 5 rings (SSSR count). The van der Waals surface area contributed by atoms with Gasteiger partial charge >= 0.3 is 11.4 Å². The molecule has 1 aliphatic rings. The van der Waals surface area contributed by atoms with Crippen LogP contribution in [0.25, 0.3) is 0 Å². The molecule has 2 N–H and O–H groups in total. The second-order valence-corrected chi connectivity index (χ2v) is 9.59. The van der Waals surface area contributed by atoms with Gasteiger partial charge in [0.05, 0.1) is 12.2 Å². The number of pyridine rings is 1. The molecule has 0 radical (unpaired) electrons. The standard InChI is InChI=1S/C29H31N5O5/c1-3-38-26(35)21-16-23(17-21)34-28(36)32-27(33(29(34)37)18-20-9-7-19(2)8-10-20)31-22-11-13-24(14-12-22)39-25-6-4-5-15-30-25/h4-15,21,23,26,35H,3,16-18H2,1-2H3,(H,31,32,36)/t21-,23-,26?. The Morgan fingerprint density at radius 3 is 2.49 bits per heavy atom. The fourth-order valence-corrected chi connectivity index (χ4v) is 4.58. The van der Waals surface area contributed by atoms with Crippen molar-refractivity contribution in [3.8, 4) is 11.6 Å². The quantitative estimate of drug-likeness (QED) is 0.320. The lowest BCUT2D eigenvalue weighted by atomic mass is 9.79. The summed E-state index contributed by atoms with van der Waals surface area (Å²) in [7, 11) is 0. The first-order valence-corrected chi connectivity index (χ1v) is 13.0. The van der Waals surface area contributed by atoms with Crippen LogP contribution < -0.4 is 21.7 Å². The van der Waals surface area contributed by atoms with Crippen molar-refractivity contribution >= 4 is 5.69 Å². The van der Waals surface area contributed by atoms with E-state index in [0.29, 0.717) is 36.8 Å². The normalized spacial score (nSPS) is 18.0. The first kappa shape index (κ1) is 26.3. The topological polar surface area (TPSA) is 124 Å². The molecule has 0 bridgehead atoms. The molecular formula is C29H31N5O5. The summed E-state index contributed by atoms with van der Waals surface area (Å²) in [4.78, 5) is 38.4. The molecule has 2 aromatic heterocycles. The number of H-pyrrole nitrogens is 1. The number of aromatic amines is 1. The Kier molecular flexibility index (Phi) is 7.85. The van der Waals surface area contributed by atoms with Crippen molar-refractivity contribution in [2.75, 3.05) is 6.61 Å². The Labute approximate surface area is 224 Å². The number of aliphatic hydroxyl groups excluding tert-OH is 1. The SMILES string of the molecule is CCOC(O)[C@H]1C[C@H](n2c(=O)[nH]/c(=N\c3ccc(Oc4ccccn4)cc3)n(Cc3ccc(C)cc3)c2=O)C1.